The molecule has 0 fully saturated rings. The molecule has 0 saturated carbocycles. The van der Waals surface area contributed by atoms with Gasteiger partial charge in [-0.3, -0.25) is 0 Å². The first kappa shape index (κ1) is 9.45. The van der Waals surface area contributed by atoms with Crippen molar-refractivity contribution in [2.45, 2.75) is 6.92 Å². The number of hydrogen-bond donors (Lipinski definition) is 0. The van der Waals surface area contributed by atoms with E-state index >= 15 is 0 Å². The van der Waals surface area contributed by atoms with E-state index in [1.165, 1.54) is 0 Å². The Labute approximate surface area is 67.7 Å². The van der Waals surface area contributed by atoms with Crippen LogP contribution < -0.4 is 0 Å². The van der Waals surface area contributed by atoms with Crippen LogP contribution >= 0.6 is 0 Å². The highest BCUT2D eigenvalue weighted by atomic mass is 14.2. The lowest BCUT2D eigenvalue weighted by molar-refractivity contribution is 1.49. The fourth-order valence-electron chi connectivity index (χ4n) is 0.502. The molecule has 0 aromatic carbocycles. The fourth-order valence-corrected chi connectivity index (χ4v) is 0.502. The molecule has 0 unspecified atom stereocenters. The Morgan fingerprint density at radius 2 is 2.18 bits per heavy atom. The average molecular weight is 145 g/mol. The number of nitrogens with zero attached hydrogens (tertiary/aromatic N) is 1. The van der Waals surface area contributed by atoms with Gasteiger partial charge in [-0.25, -0.2) is 0 Å². The number of hydrogen-bond acceptors (Lipinski definition) is 1. The Balaban J connectivity index is 4.30. The van der Waals surface area contributed by atoms with Crippen LogP contribution in [0, 0.1) is 11.3 Å². The Kier molecular flexibility index (Phi) is 5.64. The molecule has 0 aromatic rings. The topological polar surface area (TPSA) is 23.8 Å². The molecule has 0 bridgehead atoms. The first-order valence-corrected chi connectivity index (χ1v) is 3.37. The summed E-state index contributed by atoms with van der Waals surface area (Å²) >= 11 is 0. The normalized spacial score (nSPS) is 12.2. The molecule has 0 atom stereocenters. The van der Waals surface area contributed by atoms with E-state index in [0.717, 1.165) is 0 Å². The summed E-state index contributed by atoms with van der Waals surface area (Å²) in [7, 11) is 0. The van der Waals surface area contributed by atoms with Gasteiger partial charge in [-0.15, -0.1) is 0 Å². The van der Waals surface area contributed by atoms with Gasteiger partial charge in [-0.05, 0) is 19.1 Å². The fraction of sp³-hybridized carbons (Fsp3) is 0.100. The van der Waals surface area contributed by atoms with E-state index in [2.05, 4.69) is 6.58 Å². The van der Waals surface area contributed by atoms with E-state index in [1.54, 1.807) is 24.3 Å². The van der Waals surface area contributed by atoms with Crippen molar-refractivity contribution >= 4 is 0 Å². The van der Waals surface area contributed by atoms with E-state index in [4.69, 9.17) is 5.26 Å². The largest absolute Gasteiger partial charge is 0.192 e. The van der Waals surface area contributed by atoms with Crippen molar-refractivity contribution in [3.05, 3.63) is 48.6 Å². The standard InChI is InChI=1S/C10H11N/c1-3-5-7-10(9-11)8-6-4-2/h3-8H,1H2,2H3/b6-4+,7-5+,10-8-. The molecular formula is C10H11N. The Morgan fingerprint density at radius 1 is 1.45 bits per heavy atom. The molecule has 0 aromatic heterocycles. The summed E-state index contributed by atoms with van der Waals surface area (Å²) in [6.07, 6.45) is 10.5. The number of allylic oxidation sites excluding steroid dienone is 7. The zero-order valence-corrected chi connectivity index (χ0v) is 6.62. The maximum Gasteiger partial charge on any atom is 0.0991 e. The van der Waals surface area contributed by atoms with E-state index in [9.17, 15) is 0 Å². The van der Waals surface area contributed by atoms with Gasteiger partial charge < -0.3 is 0 Å². The molecule has 0 radical (unpaired) electrons. The molecule has 0 aliphatic rings. The molecule has 0 aliphatic heterocycles. The number of rotatable bonds is 3. The van der Waals surface area contributed by atoms with Crippen LogP contribution in [0.5, 0.6) is 0 Å². The van der Waals surface area contributed by atoms with Gasteiger partial charge in [0.2, 0.25) is 0 Å². The van der Waals surface area contributed by atoms with Crippen LogP contribution in [0.25, 0.3) is 0 Å². The lowest BCUT2D eigenvalue weighted by Crippen LogP contribution is -1.67. The summed E-state index contributed by atoms with van der Waals surface area (Å²) in [5.41, 5.74) is 0.628. The predicted molar refractivity (Wildman–Crippen MR) is 47.8 cm³/mol. The molecule has 56 valence electrons. The summed E-state index contributed by atoms with van der Waals surface area (Å²) in [6.45, 7) is 5.41. The van der Waals surface area contributed by atoms with Crippen LogP contribution in [0.3, 0.4) is 0 Å². The molecule has 0 spiro atoms. The third-order valence-electron chi connectivity index (χ3n) is 1.01. The molecule has 0 amide bonds. The molecule has 0 saturated heterocycles. The van der Waals surface area contributed by atoms with Crippen molar-refractivity contribution in [2.75, 3.05) is 0 Å². The van der Waals surface area contributed by atoms with Crippen LogP contribution in [0.2, 0.25) is 0 Å². The van der Waals surface area contributed by atoms with Gasteiger partial charge in [0.05, 0.1) is 11.6 Å². The summed E-state index contributed by atoms with van der Waals surface area (Å²) in [5, 5.41) is 8.54. The molecule has 1 heteroatoms. The second-order valence-electron chi connectivity index (χ2n) is 1.85. The van der Waals surface area contributed by atoms with E-state index in [0.29, 0.717) is 5.57 Å². The lowest BCUT2D eigenvalue weighted by Gasteiger charge is -1.81. The molecule has 0 rings (SSSR count). The Bertz CT molecular complexity index is 236. The highest BCUT2D eigenvalue weighted by Gasteiger charge is 1.81. The minimum absolute atomic E-state index is 0.628. The van der Waals surface area contributed by atoms with Crippen LogP contribution in [0.4, 0.5) is 0 Å². The molecule has 0 heterocycles. The van der Waals surface area contributed by atoms with Crippen molar-refractivity contribution in [1.29, 1.82) is 5.26 Å². The van der Waals surface area contributed by atoms with Gasteiger partial charge >= 0.3 is 0 Å². The third-order valence-corrected chi connectivity index (χ3v) is 1.01. The van der Waals surface area contributed by atoms with Crippen molar-refractivity contribution in [3.63, 3.8) is 0 Å². The van der Waals surface area contributed by atoms with Crippen molar-refractivity contribution in [3.8, 4) is 6.07 Å². The first-order chi connectivity index (χ1) is 5.35. The van der Waals surface area contributed by atoms with E-state index in [1.807, 2.05) is 25.1 Å². The number of nitriles is 1. The van der Waals surface area contributed by atoms with Gasteiger partial charge in [-0.1, -0.05) is 30.9 Å². The molecular weight excluding hydrogens is 134 g/mol. The van der Waals surface area contributed by atoms with E-state index < -0.39 is 0 Å². The summed E-state index contributed by atoms with van der Waals surface area (Å²) in [4.78, 5) is 0. The predicted octanol–water partition coefficient (Wildman–Crippen LogP) is 2.75. The SMILES string of the molecule is C=C/C=C/C(C#N)=C/C=C/C. The molecule has 1 nitrogen and oxygen atoms in total. The summed E-state index contributed by atoms with van der Waals surface area (Å²) in [5.74, 6) is 0. The maximum absolute atomic E-state index is 8.54. The molecule has 11 heavy (non-hydrogen) atoms. The van der Waals surface area contributed by atoms with E-state index in [-0.39, 0.29) is 0 Å². The highest BCUT2D eigenvalue weighted by Crippen LogP contribution is 1.95. The van der Waals surface area contributed by atoms with Crippen molar-refractivity contribution in [1.82, 2.24) is 0 Å². The smallest absolute Gasteiger partial charge is 0.0991 e. The summed E-state index contributed by atoms with van der Waals surface area (Å²) in [6, 6.07) is 2.05. The second-order valence-corrected chi connectivity index (χ2v) is 1.85. The van der Waals surface area contributed by atoms with Crippen LogP contribution in [0.1, 0.15) is 6.92 Å². The van der Waals surface area contributed by atoms with Gasteiger partial charge in [0, 0.05) is 0 Å². The highest BCUT2D eigenvalue weighted by molar-refractivity contribution is 5.36. The molecule has 0 aliphatic carbocycles. The van der Waals surface area contributed by atoms with Gasteiger partial charge in [0.1, 0.15) is 0 Å². The van der Waals surface area contributed by atoms with Crippen LogP contribution in [-0.2, 0) is 0 Å². The van der Waals surface area contributed by atoms with Gasteiger partial charge in [0.25, 0.3) is 0 Å². The second kappa shape index (κ2) is 6.57. The van der Waals surface area contributed by atoms with Crippen molar-refractivity contribution in [2.24, 2.45) is 0 Å². The Morgan fingerprint density at radius 3 is 2.64 bits per heavy atom. The first-order valence-electron chi connectivity index (χ1n) is 3.37. The lowest BCUT2D eigenvalue weighted by atomic mass is 10.2. The van der Waals surface area contributed by atoms with Crippen LogP contribution in [0.15, 0.2) is 48.6 Å². The van der Waals surface area contributed by atoms with Gasteiger partial charge in [0.15, 0.2) is 0 Å². The quantitative estimate of drug-likeness (QED) is 0.442. The maximum atomic E-state index is 8.54. The minimum Gasteiger partial charge on any atom is -0.192 e. The molecule has 0 N–H and O–H groups in total. The average Bonchev–Trinajstić information content (AvgIpc) is 2.05. The Hall–Kier alpha value is -1.55. The van der Waals surface area contributed by atoms with Crippen LogP contribution in [-0.4, -0.2) is 0 Å². The minimum atomic E-state index is 0.628. The zero-order valence-electron chi connectivity index (χ0n) is 6.62. The monoisotopic (exact) mass is 145 g/mol. The summed E-state index contributed by atoms with van der Waals surface area (Å²) < 4.78 is 0. The zero-order chi connectivity index (χ0) is 8.53. The third kappa shape index (κ3) is 4.92. The van der Waals surface area contributed by atoms with Gasteiger partial charge in [-0.2, -0.15) is 5.26 Å². The van der Waals surface area contributed by atoms with Crippen molar-refractivity contribution < 1.29 is 0 Å².